The number of carbonyl (C=O) groups is 6. The first kappa shape index (κ1) is 41.0. The second-order valence-corrected chi connectivity index (χ2v) is 11.8. The van der Waals surface area contributed by atoms with Gasteiger partial charge in [0.25, 0.3) is 17.6 Å². The average Bonchev–Trinajstić information content (AvgIpc) is 3.13. The number of hydrogen-bond acceptors (Lipinski definition) is 9. The quantitative estimate of drug-likeness (QED) is 0.137. The zero-order valence-corrected chi connectivity index (χ0v) is 28.7. The number of carboxylic acid groups (broad SMARTS) is 1. The molecule has 0 radical (unpaired) electrons. The number of carbonyl (C=O) groups excluding carboxylic acids is 5. The van der Waals surface area contributed by atoms with E-state index in [1.54, 1.807) is 12.1 Å². The number of nitrogens with one attached hydrogen (secondary N) is 4. The van der Waals surface area contributed by atoms with Crippen molar-refractivity contribution in [3.05, 3.63) is 95.1 Å². The molecular formula is C36H36F3N5O9. The van der Waals surface area contributed by atoms with Crippen LogP contribution in [0.2, 0.25) is 0 Å². The Morgan fingerprint density at radius 3 is 2.15 bits per heavy atom. The smallest absolute Gasteiger partial charge is 0.452 e. The van der Waals surface area contributed by atoms with Crippen LogP contribution in [0.5, 0.6) is 11.5 Å². The van der Waals surface area contributed by atoms with Crippen molar-refractivity contribution in [2.75, 3.05) is 20.3 Å². The Labute approximate surface area is 301 Å². The number of rotatable bonds is 17. The third-order valence-corrected chi connectivity index (χ3v) is 7.54. The molecule has 0 saturated heterocycles. The van der Waals surface area contributed by atoms with E-state index < -0.39 is 78.8 Å². The molecule has 5 N–H and O–H groups in total. The fraction of sp³-hybridized carbons (Fsp3) is 0.306. The summed E-state index contributed by atoms with van der Waals surface area (Å²) in [7, 11) is 1.38. The molecule has 0 fully saturated rings. The Hall–Kier alpha value is -6.44. The second kappa shape index (κ2) is 18.7. The monoisotopic (exact) mass is 739 g/mol. The van der Waals surface area contributed by atoms with Gasteiger partial charge in [0.05, 0.1) is 24.8 Å². The molecule has 3 aromatic rings. The summed E-state index contributed by atoms with van der Waals surface area (Å²) in [6, 6.07) is 14.1. The number of ether oxygens (including phenoxy) is 2. The summed E-state index contributed by atoms with van der Waals surface area (Å²) >= 11 is 0. The van der Waals surface area contributed by atoms with Gasteiger partial charge in [0.2, 0.25) is 11.8 Å². The molecule has 3 unspecified atom stereocenters. The summed E-state index contributed by atoms with van der Waals surface area (Å²) in [4.78, 5) is 75.9. The van der Waals surface area contributed by atoms with Crippen LogP contribution in [0.15, 0.2) is 72.8 Å². The first-order valence-corrected chi connectivity index (χ1v) is 15.9. The van der Waals surface area contributed by atoms with Crippen LogP contribution in [0, 0.1) is 17.2 Å². The van der Waals surface area contributed by atoms with Crippen LogP contribution in [-0.2, 0) is 30.4 Å². The number of ketones is 1. The van der Waals surface area contributed by atoms with Gasteiger partial charge in [-0.3, -0.25) is 28.8 Å². The summed E-state index contributed by atoms with van der Waals surface area (Å²) in [6.45, 7) is 1.42. The summed E-state index contributed by atoms with van der Waals surface area (Å²) in [5.41, 5.74) is 0.740. The van der Waals surface area contributed by atoms with Gasteiger partial charge in [0.1, 0.15) is 30.1 Å². The molecular weight excluding hydrogens is 703 g/mol. The lowest BCUT2D eigenvalue weighted by atomic mass is 9.97. The van der Waals surface area contributed by atoms with Crippen molar-refractivity contribution < 1.29 is 56.5 Å². The first-order chi connectivity index (χ1) is 25.0. The third-order valence-electron chi connectivity index (χ3n) is 7.54. The van der Waals surface area contributed by atoms with Gasteiger partial charge in [0.15, 0.2) is 6.61 Å². The minimum atomic E-state index is -5.26. The van der Waals surface area contributed by atoms with Crippen molar-refractivity contribution in [2.45, 2.75) is 44.6 Å². The number of methoxy groups -OCH3 is 1. The van der Waals surface area contributed by atoms with E-state index in [1.807, 2.05) is 6.07 Å². The van der Waals surface area contributed by atoms with Gasteiger partial charge in [-0.2, -0.15) is 18.4 Å². The molecule has 0 saturated carbocycles. The van der Waals surface area contributed by atoms with E-state index in [0.717, 1.165) is 0 Å². The minimum Gasteiger partial charge on any atom is -0.497 e. The van der Waals surface area contributed by atoms with Crippen molar-refractivity contribution in [3.8, 4) is 17.6 Å². The van der Waals surface area contributed by atoms with E-state index in [0.29, 0.717) is 11.3 Å². The molecule has 0 bridgehead atoms. The van der Waals surface area contributed by atoms with E-state index in [4.69, 9.17) is 14.6 Å². The third kappa shape index (κ3) is 12.4. The highest BCUT2D eigenvalue weighted by molar-refractivity contribution is 5.99. The van der Waals surface area contributed by atoms with Crippen LogP contribution in [0.4, 0.5) is 13.2 Å². The SMILES string of the molecule is COc1ccc(C(NC(=O)C(Cc2cccc(C#N)c2)NC(=O)c2cccc(OCC(=O)NCC(=O)O)c2)C(=O)NC(C(=O)C(F)(F)F)C(C)C)cc1. The molecule has 0 aromatic heterocycles. The van der Waals surface area contributed by atoms with Gasteiger partial charge in [-0.25, -0.2) is 0 Å². The minimum absolute atomic E-state index is 0.0353. The maximum Gasteiger partial charge on any atom is 0.452 e. The highest BCUT2D eigenvalue weighted by Crippen LogP contribution is 2.24. The Balaban J connectivity index is 1.94. The predicted octanol–water partition coefficient (Wildman–Crippen LogP) is 2.62. The van der Waals surface area contributed by atoms with E-state index >= 15 is 0 Å². The summed E-state index contributed by atoms with van der Waals surface area (Å²) < 4.78 is 50.8. The zero-order chi connectivity index (χ0) is 39.3. The lowest BCUT2D eigenvalue weighted by Crippen LogP contribution is -2.55. The summed E-state index contributed by atoms with van der Waals surface area (Å²) in [5.74, 6) is -7.68. The molecule has 0 spiro atoms. The van der Waals surface area contributed by atoms with Crippen molar-refractivity contribution in [1.29, 1.82) is 5.26 Å². The van der Waals surface area contributed by atoms with E-state index in [2.05, 4.69) is 21.3 Å². The van der Waals surface area contributed by atoms with E-state index in [-0.39, 0.29) is 28.9 Å². The number of benzene rings is 3. The molecule has 3 atom stereocenters. The van der Waals surface area contributed by atoms with Crippen LogP contribution in [0.1, 0.15) is 46.9 Å². The summed E-state index contributed by atoms with van der Waals surface area (Å²) in [6.07, 6.45) is -5.48. The molecule has 53 heavy (non-hydrogen) atoms. The van der Waals surface area contributed by atoms with Crippen LogP contribution in [-0.4, -0.2) is 79.0 Å². The van der Waals surface area contributed by atoms with Gasteiger partial charge in [-0.1, -0.05) is 44.2 Å². The number of alkyl halides is 3. The van der Waals surface area contributed by atoms with Crippen LogP contribution in [0.3, 0.4) is 0 Å². The molecule has 14 nitrogen and oxygen atoms in total. The standard InChI is InChI=1S/C36H36F3N5O9/c1-20(2)30(32(48)36(37,38)39)43-35(51)31(23-10-12-25(52-3)13-11-23)44-34(50)27(15-21-6-4-7-22(14-21)17-40)42-33(49)24-8-5-9-26(16-24)53-19-28(45)41-18-29(46)47/h4-14,16,20,27,30-31H,15,18-19H2,1-3H3,(H,41,45)(H,42,49)(H,43,51)(H,44,50)(H,46,47). The fourth-order valence-electron chi connectivity index (χ4n) is 4.84. The van der Waals surface area contributed by atoms with Gasteiger partial charge < -0.3 is 35.8 Å². The van der Waals surface area contributed by atoms with Gasteiger partial charge in [0, 0.05) is 12.0 Å². The molecule has 3 rings (SSSR count). The number of aliphatic carboxylic acids is 1. The second-order valence-electron chi connectivity index (χ2n) is 11.8. The van der Waals surface area contributed by atoms with Crippen molar-refractivity contribution >= 4 is 35.4 Å². The zero-order valence-electron chi connectivity index (χ0n) is 28.7. The Morgan fingerprint density at radius 1 is 0.868 bits per heavy atom. The lowest BCUT2D eigenvalue weighted by Gasteiger charge is -2.27. The highest BCUT2D eigenvalue weighted by atomic mass is 19.4. The fourth-order valence-corrected chi connectivity index (χ4v) is 4.84. The molecule has 0 aliphatic heterocycles. The van der Waals surface area contributed by atoms with Gasteiger partial charge >= 0.3 is 12.1 Å². The van der Waals surface area contributed by atoms with Crippen LogP contribution >= 0.6 is 0 Å². The Kier molecular flexibility index (Phi) is 14.5. The van der Waals surface area contributed by atoms with E-state index in [9.17, 15) is 47.2 Å². The van der Waals surface area contributed by atoms with Crippen molar-refractivity contribution in [3.63, 3.8) is 0 Å². The molecule has 0 heterocycles. The number of carboxylic acids is 1. The van der Waals surface area contributed by atoms with Gasteiger partial charge in [-0.15, -0.1) is 0 Å². The molecule has 17 heteroatoms. The number of Topliss-reactive ketones (excluding diaryl/α,β-unsaturated/α-hetero) is 1. The normalized spacial score (nSPS) is 12.6. The average molecular weight is 740 g/mol. The van der Waals surface area contributed by atoms with E-state index in [1.165, 1.54) is 81.6 Å². The van der Waals surface area contributed by atoms with Crippen molar-refractivity contribution in [2.24, 2.45) is 5.92 Å². The number of hydrogen-bond donors (Lipinski definition) is 5. The van der Waals surface area contributed by atoms with Crippen molar-refractivity contribution in [1.82, 2.24) is 21.3 Å². The molecule has 3 aromatic carbocycles. The molecule has 4 amide bonds. The first-order valence-electron chi connectivity index (χ1n) is 15.9. The number of amides is 4. The number of nitriles is 1. The Morgan fingerprint density at radius 2 is 1.55 bits per heavy atom. The highest BCUT2D eigenvalue weighted by Gasteiger charge is 2.45. The lowest BCUT2D eigenvalue weighted by molar-refractivity contribution is -0.175. The van der Waals surface area contributed by atoms with Gasteiger partial charge in [-0.05, 0) is 59.5 Å². The van der Waals surface area contributed by atoms with Crippen LogP contribution < -0.4 is 30.7 Å². The largest absolute Gasteiger partial charge is 0.497 e. The molecule has 280 valence electrons. The molecule has 0 aliphatic carbocycles. The maximum absolute atomic E-state index is 14.0. The Bertz CT molecular complexity index is 1860. The number of nitrogens with zero attached hydrogens (tertiary/aromatic N) is 1. The van der Waals surface area contributed by atoms with Crippen LogP contribution in [0.25, 0.3) is 0 Å². The maximum atomic E-state index is 14.0. The summed E-state index contributed by atoms with van der Waals surface area (Å²) in [5, 5.41) is 27.4. The topological polar surface area (TPSA) is 213 Å². The number of halogens is 3. The molecule has 0 aliphatic rings. The predicted molar refractivity (Wildman–Crippen MR) is 180 cm³/mol.